The molecule has 0 aliphatic heterocycles. The third-order valence-electron chi connectivity index (χ3n) is 11.9. The molecule has 0 bridgehead atoms. The fourth-order valence-electron chi connectivity index (χ4n) is 7.66. The molecular weight excluding hydrogens is 829 g/mol. The van der Waals surface area contributed by atoms with E-state index in [9.17, 15) is 14.4 Å². The summed E-state index contributed by atoms with van der Waals surface area (Å²) in [5, 5.41) is 0. The zero-order chi connectivity index (χ0) is 48.6. The lowest BCUT2D eigenvalue weighted by Crippen LogP contribution is -2.30. The number of ether oxygens (including phenoxy) is 3. The number of allylic oxidation sites excluding steroid dienone is 14. The Kier molecular flexibility index (Phi) is 52.4. The average Bonchev–Trinajstić information content (AvgIpc) is 3.33. The highest BCUT2D eigenvalue weighted by atomic mass is 16.6. The van der Waals surface area contributed by atoms with Crippen molar-refractivity contribution in [1.29, 1.82) is 0 Å². The van der Waals surface area contributed by atoms with Crippen LogP contribution in [-0.2, 0) is 28.6 Å². The largest absolute Gasteiger partial charge is 0.462 e. The molecule has 1 unspecified atom stereocenters. The summed E-state index contributed by atoms with van der Waals surface area (Å²) in [6.07, 6.45) is 71.6. The maximum Gasteiger partial charge on any atom is 0.306 e. The minimum atomic E-state index is -0.818. The zero-order valence-electron chi connectivity index (χ0n) is 43.9. The Morgan fingerprint density at radius 3 is 1.00 bits per heavy atom. The molecule has 0 fully saturated rings. The first kappa shape index (κ1) is 63.6. The van der Waals surface area contributed by atoms with E-state index in [4.69, 9.17) is 14.2 Å². The first-order valence-electron chi connectivity index (χ1n) is 28.1. The number of carbonyl (C=O) groups is 3. The van der Waals surface area contributed by atoms with Crippen LogP contribution in [0.1, 0.15) is 265 Å². The van der Waals surface area contributed by atoms with Crippen LogP contribution < -0.4 is 0 Å². The number of rotatable bonds is 50. The number of unbranched alkanes of at least 4 members (excludes halogenated alkanes) is 25. The first-order valence-corrected chi connectivity index (χ1v) is 28.1. The van der Waals surface area contributed by atoms with E-state index in [1.807, 2.05) is 12.2 Å². The van der Waals surface area contributed by atoms with Gasteiger partial charge in [-0.15, -0.1) is 0 Å². The molecule has 0 amide bonds. The quantitative estimate of drug-likeness (QED) is 0.0262. The van der Waals surface area contributed by atoms with Crippen molar-refractivity contribution < 1.29 is 28.6 Å². The summed E-state index contributed by atoms with van der Waals surface area (Å²) < 4.78 is 16.7. The second-order valence-electron chi connectivity index (χ2n) is 18.5. The summed E-state index contributed by atoms with van der Waals surface area (Å²) in [6, 6.07) is 0. The van der Waals surface area contributed by atoms with E-state index < -0.39 is 12.1 Å². The van der Waals surface area contributed by atoms with E-state index in [2.05, 4.69) is 93.7 Å². The van der Waals surface area contributed by atoms with E-state index in [1.165, 1.54) is 135 Å². The van der Waals surface area contributed by atoms with Gasteiger partial charge in [-0.05, 0) is 103 Å². The van der Waals surface area contributed by atoms with Gasteiger partial charge in [0.05, 0.1) is 0 Å². The van der Waals surface area contributed by atoms with Gasteiger partial charge in [-0.1, -0.05) is 228 Å². The molecule has 384 valence electrons. The molecule has 6 nitrogen and oxygen atoms in total. The highest BCUT2D eigenvalue weighted by Gasteiger charge is 2.19. The minimum absolute atomic E-state index is 0.108. The molecule has 0 aliphatic carbocycles. The van der Waals surface area contributed by atoms with Gasteiger partial charge < -0.3 is 14.2 Å². The molecular formula is C61H104O6. The van der Waals surface area contributed by atoms with E-state index in [0.29, 0.717) is 19.3 Å². The highest BCUT2D eigenvalue weighted by Crippen LogP contribution is 2.15. The van der Waals surface area contributed by atoms with Gasteiger partial charge in [0, 0.05) is 19.3 Å². The van der Waals surface area contributed by atoms with Crippen molar-refractivity contribution >= 4 is 17.9 Å². The molecule has 0 rings (SSSR count). The molecule has 0 radical (unpaired) electrons. The van der Waals surface area contributed by atoms with Crippen LogP contribution in [0.2, 0.25) is 0 Å². The van der Waals surface area contributed by atoms with Crippen LogP contribution in [0.15, 0.2) is 85.1 Å². The Balaban J connectivity index is 4.35. The Bertz CT molecular complexity index is 1300. The smallest absolute Gasteiger partial charge is 0.306 e. The molecule has 0 aromatic heterocycles. The molecule has 0 aromatic rings. The Morgan fingerprint density at radius 1 is 0.313 bits per heavy atom. The van der Waals surface area contributed by atoms with Gasteiger partial charge in [-0.3, -0.25) is 14.4 Å². The van der Waals surface area contributed by atoms with Gasteiger partial charge in [0.25, 0.3) is 0 Å². The summed E-state index contributed by atoms with van der Waals surface area (Å²) in [7, 11) is 0. The molecule has 0 saturated heterocycles. The van der Waals surface area contributed by atoms with Crippen molar-refractivity contribution in [3.8, 4) is 0 Å². The fourth-order valence-corrected chi connectivity index (χ4v) is 7.66. The number of hydrogen-bond acceptors (Lipinski definition) is 6. The van der Waals surface area contributed by atoms with Crippen LogP contribution in [0.5, 0.6) is 0 Å². The van der Waals surface area contributed by atoms with Crippen molar-refractivity contribution in [3.63, 3.8) is 0 Å². The molecule has 0 heterocycles. The molecule has 0 saturated carbocycles. The summed E-state index contributed by atoms with van der Waals surface area (Å²) in [5.74, 6) is -0.999. The maximum absolute atomic E-state index is 12.8. The van der Waals surface area contributed by atoms with E-state index in [-0.39, 0.29) is 31.6 Å². The van der Waals surface area contributed by atoms with Crippen LogP contribution in [0.3, 0.4) is 0 Å². The Morgan fingerprint density at radius 2 is 0.612 bits per heavy atom. The molecule has 0 spiro atoms. The molecule has 6 heteroatoms. The second kappa shape index (κ2) is 55.2. The van der Waals surface area contributed by atoms with Crippen LogP contribution >= 0.6 is 0 Å². The Labute approximate surface area is 414 Å². The van der Waals surface area contributed by atoms with Gasteiger partial charge in [-0.2, -0.15) is 0 Å². The molecule has 67 heavy (non-hydrogen) atoms. The zero-order valence-corrected chi connectivity index (χ0v) is 43.9. The summed E-state index contributed by atoms with van der Waals surface area (Å²) in [6.45, 7) is 6.43. The Hall–Kier alpha value is -3.41. The van der Waals surface area contributed by atoms with Gasteiger partial charge in [0.1, 0.15) is 13.2 Å². The van der Waals surface area contributed by atoms with Crippen LogP contribution in [0, 0.1) is 0 Å². The molecule has 1 atom stereocenters. The van der Waals surface area contributed by atoms with Crippen molar-refractivity contribution in [2.24, 2.45) is 0 Å². The van der Waals surface area contributed by atoms with Crippen molar-refractivity contribution in [2.45, 2.75) is 271 Å². The van der Waals surface area contributed by atoms with Gasteiger partial charge >= 0.3 is 17.9 Å². The van der Waals surface area contributed by atoms with Gasteiger partial charge in [0.15, 0.2) is 6.10 Å². The second-order valence-corrected chi connectivity index (χ2v) is 18.5. The first-order chi connectivity index (χ1) is 33.0. The lowest BCUT2D eigenvalue weighted by molar-refractivity contribution is -0.166. The van der Waals surface area contributed by atoms with E-state index >= 15 is 0 Å². The number of carbonyl (C=O) groups excluding carboxylic acids is 3. The van der Waals surface area contributed by atoms with Crippen molar-refractivity contribution in [2.75, 3.05) is 13.2 Å². The third kappa shape index (κ3) is 53.4. The van der Waals surface area contributed by atoms with Crippen LogP contribution in [0.25, 0.3) is 0 Å². The average molecular weight is 933 g/mol. The van der Waals surface area contributed by atoms with Crippen molar-refractivity contribution in [3.05, 3.63) is 85.1 Å². The third-order valence-corrected chi connectivity index (χ3v) is 11.9. The fraction of sp³-hybridized carbons (Fsp3) is 0.721. The summed E-state index contributed by atoms with van der Waals surface area (Å²) in [4.78, 5) is 38.0. The van der Waals surface area contributed by atoms with Gasteiger partial charge in [-0.25, -0.2) is 0 Å². The molecule has 0 aliphatic rings. The topological polar surface area (TPSA) is 78.9 Å². The van der Waals surface area contributed by atoms with Gasteiger partial charge in [0.2, 0.25) is 0 Å². The molecule has 0 aromatic carbocycles. The SMILES string of the molecule is CC/C=C\C/C=C\C/C=C\C/C=C\CCC(=O)OC(COC(=O)CCCCCCC/C=C\CCCCCC)COC(=O)CCCCCCCCCCCCC/C=C\C/C=C\CCCCCCC. The minimum Gasteiger partial charge on any atom is -0.462 e. The van der Waals surface area contributed by atoms with Crippen LogP contribution in [-0.4, -0.2) is 37.2 Å². The number of esters is 3. The lowest BCUT2D eigenvalue weighted by atomic mass is 10.0. The van der Waals surface area contributed by atoms with Crippen LogP contribution in [0.4, 0.5) is 0 Å². The maximum atomic E-state index is 12.8. The monoisotopic (exact) mass is 933 g/mol. The van der Waals surface area contributed by atoms with Crippen molar-refractivity contribution in [1.82, 2.24) is 0 Å². The summed E-state index contributed by atoms with van der Waals surface area (Å²) >= 11 is 0. The highest BCUT2D eigenvalue weighted by molar-refractivity contribution is 5.71. The predicted octanol–water partition coefficient (Wildman–Crippen LogP) is 18.8. The summed E-state index contributed by atoms with van der Waals surface area (Å²) in [5.41, 5.74) is 0. The lowest BCUT2D eigenvalue weighted by Gasteiger charge is -2.18. The standard InChI is InChI=1S/C61H104O6/c1-4-7-10-13-16-19-22-25-26-27-28-29-30-31-32-33-34-37-39-42-45-48-51-54-60(63)66-57-58(67-61(64)55-52-49-46-43-40-36-24-21-18-15-12-9-6-3)56-65-59(62)53-50-47-44-41-38-35-23-20-17-14-11-8-5-2/h9,12,18,20-23,25,27-28,36,40,46,49,58H,4-8,10-11,13-17,19,24,26,29-35,37-39,41-45,47-48,50-57H2,1-3H3/b12-9-,21-18-,23-20-,25-22-,28-27-,40-36-,49-46-. The molecule has 0 N–H and O–H groups in total. The predicted molar refractivity (Wildman–Crippen MR) is 288 cm³/mol. The van der Waals surface area contributed by atoms with E-state index in [1.54, 1.807) is 0 Å². The number of hydrogen-bond donors (Lipinski definition) is 0. The van der Waals surface area contributed by atoms with E-state index in [0.717, 1.165) is 83.5 Å². The normalized spacial score (nSPS) is 12.7.